The van der Waals surface area contributed by atoms with E-state index in [1.54, 1.807) is 21.7 Å². The summed E-state index contributed by atoms with van der Waals surface area (Å²) in [5, 5.41) is 22.4. The number of nitrogens with two attached hydrogens (primary N) is 1. The van der Waals surface area contributed by atoms with Crippen molar-refractivity contribution in [2.45, 2.75) is 64.6 Å². The number of nitrogens with zero attached hydrogens (tertiary/aromatic N) is 8. The van der Waals surface area contributed by atoms with Crippen molar-refractivity contribution in [2.24, 2.45) is 0 Å². The number of thiophene rings is 1. The summed E-state index contributed by atoms with van der Waals surface area (Å²) in [5.41, 5.74) is 3.29. The van der Waals surface area contributed by atoms with Crippen LogP contribution in [-0.2, 0) is 19.3 Å². The fourth-order valence-corrected chi connectivity index (χ4v) is 8.00. The van der Waals surface area contributed by atoms with E-state index in [9.17, 15) is 32.5 Å². The minimum Gasteiger partial charge on any atom is -0.467 e. The Morgan fingerprint density at radius 2 is 1.83 bits per heavy atom. The van der Waals surface area contributed by atoms with Gasteiger partial charge in [-0.25, -0.2) is 13.2 Å². The number of nitriles is 2. The highest BCUT2D eigenvalue weighted by Gasteiger charge is 2.39. The number of hydrogen-bond acceptors (Lipinski definition) is 10. The average molecular weight is 742 g/mol. The summed E-state index contributed by atoms with van der Waals surface area (Å²) >= 11 is 0.684. The number of fused-ring (bicyclic) bond motifs is 4. The first-order valence-electron chi connectivity index (χ1n) is 16.6. The number of ether oxygens (including phenoxy) is 1. The van der Waals surface area contributed by atoms with Gasteiger partial charge in [0.1, 0.15) is 40.5 Å². The lowest BCUT2D eigenvalue weighted by atomic mass is 9.92. The standard InChI is InChI=1S/C26H15F5N8OS.C7H12FN.C2H6/c1-40-25-35-21-14(24(36-25)38-4-5-39-12(10-38)6-11(8-32)37-39)7-16(26(29,30)31)19(20(21)28)13-2-3-17(27)22-18(13)15(9-33)23(34)41-22;8-6-4-7-2-1-3-9(7)5-6;1-2/h2-3,6-7H,4-5,10,34H2,1H3;6-7H,1-5H2;1-2H3. The molecule has 0 amide bonds. The Morgan fingerprint density at radius 3 is 2.50 bits per heavy atom. The van der Waals surface area contributed by atoms with Crippen LogP contribution in [0.5, 0.6) is 6.01 Å². The van der Waals surface area contributed by atoms with E-state index in [4.69, 9.17) is 10.5 Å². The maximum atomic E-state index is 16.4. The molecule has 2 fully saturated rings. The topological polar surface area (TPSA) is 133 Å². The summed E-state index contributed by atoms with van der Waals surface area (Å²) in [5.74, 6) is -2.19. The summed E-state index contributed by atoms with van der Waals surface area (Å²) in [7, 11) is 1.23. The van der Waals surface area contributed by atoms with Crippen molar-refractivity contribution in [2.75, 3.05) is 37.4 Å². The van der Waals surface area contributed by atoms with E-state index in [1.165, 1.54) is 20.0 Å². The van der Waals surface area contributed by atoms with Crippen molar-refractivity contribution < 1.29 is 31.1 Å². The third-order valence-corrected chi connectivity index (χ3v) is 10.3. The predicted octanol–water partition coefficient (Wildman–Crippen LogP) is 7.58. The Balaban J connectivity index is 0.000000361. The summed E-state index contributed by atoms with van der Waals surface area (Å²) in [6.45, 7) is 6.50. The van der Waals surface area contributed by atoms with Crippen LogP contribution >= 0.6 is 11.3 Å². The molecule has 2 N–H and O–H groups in total. The molecule has 10 nitrogen and oxygen atoms in total. The second-order valence-corrected chi connectivity index (χ2v) is 13.2. The Labute approximate surface area is 298 Å². The molecule has 52 heavy (non-hydrogen) atoms. The predicted molar refractivity (Wildman–Crippen MR) is 184 cm³/mol. The quantitative estimate of drug-likeness (QED) is 0.186. The van der Waals surface area contributed by atoms with Crippen molar-refractivity contribution in [1.82, 2.24) is 24.6 Å². The molecule has 0 bridgehead atoms. The Hall–Kier alpha value is -5.13. The van der Waals surface area contributed by atoms with E-state index in [0.717, 1.165) is 31.2 Å². The summed E-state index contributed by atoms with van der Waals surface area (Å²) in [4.78, 5) is 12.2. The smallest absolute Gasteiger partial charge is 0.417 e. The monoisotopic (exact) mass is 741 g/mol. The highest BCUT2D eigenvalue weighted by Crippen LogP contribution is 2.48. The lowest BCUT2D eigenvalue weighted by Gasteiger charge is -2.30. The van der Waals surface area contributed by atoms with Gasteiger partial charge in [-0.05, 0) is 49.6 Å². The number of benzene rings is 2. The van der Waals surface area contributed by atoms with E-state index < -0.39 is 40.6 Å². The fraction of sp³-hybridized carbons (Fsp3) is 0.400. The number of alkyl halides is 4. The molecule has 3 aromatic heterocycles. The molecule has 0 radical (unpaired) electrons. The van der Waals surface area contributed by atoms with Crippen LogP contribution in [0.3, 0.4) is 0 Å². The molecule has 2 unspecified atom stereocenters. The number of rotatable bonds is 3. The zero-order chi connectivity index (χ0) is 37.5. The third-order valence-electron chi connectivity index (χ3n) is 9.25. The van der Waals surface area contributed by atoms with Gasteiger partial charge in [-0.3, -0.25) is 9.58 Å². The van der Waals surface area contributed by atoms with Gasteiger partial charge in [-0.1, -0.05) is 19.9 Å². The van der Waals surface area contributed by atoms with Crippen LogP contribution in [0, 0.1) is 34.3 Å². The number of nitrogen functional groups attached to an aromatic ring is 1. The lowest BCUT2D eigenvalue weighted by molar-refractivity contribution is -0.137. The van der Waals surface area contributed by atoms with Crippen molar-refractivity contribution in [3.63, 3.8) is 0 Å². The van der Waals surface area contributed by atoms with E-state index in [1.807, 2.05) is 19.9 Å². The van der Waals surface area contributed by atoms with Crippen molar-refractivity contribution >= 4 is 43.1 Å². The summed E-state index contributed by atoms with van der Waals surface area (Å²) < 4.78 is 94.2. The first kappa shape index (κ1) is 36.7. The number of aromatic nitrogens is 4. The molecule has 3 aliphatic rings. The molecule has 17 heteroatoms. The van der Waals surface area contributed by atoms with Crippen LogP contribution in [0.2, 0.25) is 0 Å². The Morgan fingerprint density at radius 1 is 1.06 bits per heavy atom. The molecule has 2 atom stereocenters. The second-order valence-electron chi connectivity index (χ2n) is 12.2. The normalized spacial score (nSPS) is 18.2. The van der Waals surface area contributed by atoms with Gasteiger partial charge in [0, 0.05) is 35.5 Å². The molecule has 2 aromatic carbocycles. The number of anilines is 2. The largest absolute Gasteiger partial charge is 0.467 e. The maximum Gasteiger partial charge on any atom is 0.417 e. The van der Waals surface area contributed by atoms with Gasteiger partial charge in [-0.2, -0.15) is 38.8 Å². The first-order chi connectivity index (χ1) is 24.9. The number of halogens is 6. The Bertz CT molecular complexity index is 2230. The van der Waals surface area contributed by atoms with Crippen LogP contribution < -0.4 is 15.4 Å². The zero-order valence-corrected chi connectivity index (χ0v) is 29.2. The molecular formula is C35H33F6N9OS. The van der Waals surface area contributed by atoms with Gasteiger partial charge in [0.25, 0.3) is 0 Å². The van der Waals surface area contributed by atoms with Gasteiger partial charge in [0.05, 0.1) is 41.7 Å². The van der Waals surface area contributed by atoms with Crippen LogP contribution in [0.4, 0.5) is 37.2 Å². The number of methoxy groups -OCH3 is 1. The van der Waals surface area contributed by atoms with Crippen molar-refractivity contribution in [3.8, 4) is 29.3 Å². The molecule has 272 valence electrons. The minimum absolute atomic E-state index is 0.0181. The Kier molecular flexibility index (Phi) is 10.2. The zero-order valence-electron chi connectivity index (χ0n) is 28.4. The fourth-order valence-electron chi connectivity index (χ4n) is 7.05. The van der Waals surface area contributed by atoms with Crippen LogP contribution in [0.15, 0.2) is 24.3 Å². The van der Waals surface area contributed by atoms with E-state index >= 15 is 4.39 Å². The molecule has 5 aromatic rings. The molecule has 8 rings (SSSR count). The van der Waals surface area contributed by atoms with Crippen molar-refractivity contribution in [3.05, 3.63) is 58.4 Å². The van der Waals surface area contributed by atoms with E-state index in [-0.39, 0.29) is 62.2 Å². The van der Waals surface area contributed by atoms with Gasteiger partial charge < -0.3 is 15.4 Å². The van der Waals surface area contributed by atoms with E-state index in [0.29, 0.717) is 36.2 Å². The highest BCUT2D eigenvalue weighted by molar-refractivity contribution is 7.23. The molecule has 3 aliphatic heterocycles. The van der Waals surface area contributed by atoms with Gasteiger partial charge in [0.2, 0.25) is 0 Å². The first-order valence-corrected chi connectivity index (χ1v) is 17.4. The third kappa shape index (κ3) is 6.54. The minimum atomic E-state index is -5.07. The molecule has 0 saturated carbocycles. The molecule has 0 spiro atoms. The molecular weight excluding hydrogens is 709 g/mol. The van der Waals surface area contributed by atoms with Crippen LogP contribution in [0.1, 0.15) is 55.6 Å². The summed E-state index contributed by atoms with van der Waals surface area (Å²) in [6.07, 6.45) is -2.26. The van der Waals surface area contributed by atoms with Gasteiger partial charge in [-0.15, -0.1) is 11.3 Å². The van der Waals surface area contributed by atoms with Crippen LogP contribution in [0.25, 0.3) is 32.1 Å². The second kappa shape index (κ2) is 14.5. The van der Waals surface area contributed by atoms with Crippen molar-refractivity contribution in [1.29, 1.82) is 10.5 Å². The van der Waals surface area contributed by atoms with Gasteiger partial charge >= 0.3 is 12.2 Å². The lowest BCUT2D eigenvalue weighted by Crippen LogP contribution is -2.34. The SMILES string of the molecule is CC.COc1nc(N2CCn3nc(C#N)cc3C2)c2cc(C(F)(F)F)c(-c3ccc(F)c4sc(N)c(C#N)c34)c(F)c2n1.FC1CC2CCCN2C1. The van der Waals surface area contributed by atoms with Gasteiger partial charge in [0.15, 0.2) is 11.5 Å². The molecule has 6 heterocycles. The highest BCUT2D eigenvalue weighted by atomic mass is 32.1. The number of hydrogen-bond donors (Lipinski definition) is 1. The summed E-state index contributed by atoms with van der Waals surface area (Å²) in [6, 6.07) is 8.23. The molecule has 0 aliphatic carbocycles. The van der Waals surface area contributed by atoms with E-state index in [2.05, 4.69) is 20.0 Å². The average Bonchev–Trinajstić information content (AvgIpc) is 3.91. The maximum absolute atomic E-state index is 16.4. The molecule has 2 saturated heterocycles. The van der Waals surface area contributed by atoms with Crippen LogP contribution in [-0.4, -0.2) is 63.6 Å².